The molecule has 3 aromatic rings. The molecule has 0 unspecified atom stereocenters. The molecule has 0 aliphatic heterocycles. The number of benzene rings is 2. The van der Waals surface area contributed by atoms with Crippen LogP contribution in [0.25, 0.3) is 0 Å². The largest absolute Gasteiger partial charge is 0.516 e. The van der Waals surface area contributed by atoms with E-state index >= 15 is 0 Å². The van der Waals surface area contributed by atoms with Gasteiger partial charge in [0.1, 0.15) is 12.4 Å². The minimum Gasteiger partial charge on any atom is -0.489 e. The molecule has 7 nitrogen and oxygen atoms in total. The first-order valence-electron chi connectivity index (χ1n) is 10.1. The average molecular weight is 550 g/mol. The summed E-state index contributed by atoms with van der Waals surface area (Å²) in [5.41, 5.74) is -2.79. The van der Waals surface area contributed by atoms with Gasteiger partial charge in [0.15, 0.2) is 0 Å². The Balaban J connectivity index is 1.67. The molecule has 0 bridgehead atoms. The highest BCUT2D eigenvalue weighted by Gasteiger charge is 2.46. The number of nitrogens with one attached hydrogen (secondary N) is 1. The van der Waals surface area contributed by atoms with Gasteiger partial charge in [-0.15, -0.1) is 0 Å². The molecule has 0 spiro atoms. The van der Waals surface area contributed by atoms with Crippen molar-refractivity contribution in [2.45, 2.75) is 38.4 Å². The second kappa shape index (κ2) is 10.9. The molecule has 3 rings (SSSR count). The molecule has 188 valence electrons. The van der Waals surface area contributed by atoms with Crippen LogP contribution in [0.15, 0.2) is 48.5 Å². The van der Waals surface area contributed by atoms with Gasteiger partial charge < -0.3 is 4.74 Å². The maximum Gasteiger partial charge on any atom is 0.516 e. The van der Waals surface area contributed by atoms with Gasteiger partial charge in [-0.2, -0.15) is 26.7 Å². The minimum atomic E-state index is -5.74. The van der Waals surface area contributed by atoms with Crippen molar-refractivity contribution in [2.75, 3.05) is 0 Å². The number of alkyl halides is 3. The lowest BCUT2D eigenvalue weighted by Crippen LogP contribution is -2.40. The molecule has 0 aliphatic carbocycles. The lowest BCUT2D eigenvalue weighted by molar-refractivity contribution is -0.120. The second-order valence-corrected chi connectivity index (χ2v) is 10.1. The average Bonchev–Trinajstić information content (AvgIpc) is 3.11. The second-order valence-electron chi connectivity index (χ2n) is 7.58. The fourth-order valence-corrected chi connectivity index (χ4v) is 3.91. The van der Waals surface area contributed by atoms with Crippen molar-refractivity contribution >= 4 is 39.1 Å². The first-order chi connectivity index (χ1) is 16.3. The van der Waals surface area contributed by atoms with Crippen LogP contribution < -0.4 is 9.46 Å². The number of hydrogen-bond acceptors (Lipinski definition) is 5. The molecule has 0 atom stereocenters. The van der Waals surface area contributed by atoms with Crippen LogP contribution >= 0.6 is 23.2 Å². The zero-order valence-electron chi connectivity index (χ0n) is 18.3. The summed E-state index contributed by atoms with van der Waals surface area (Å²) in [7, 11) is -5.74. The van der Waals surface area contributed by atoms with E-state index in [9.17, 15) is 26.4 Å². The zero-order chi connectivity index (χ0) is 25.8. The van der Waals surface area contributed by atoms with E-state index in [1.54, 1.807) is 48.0 Å². The lowest BCUT2D eigenvalue weighted by atomic mass is 10.2. The highest BCUT2D eigenvalue weighted by molar-refractivity contribution is 7.90. The van der Waals surface area contributed by atoms with Gasteiger partial charge in [-0.05, 0) is 48.9 Å². The number of carbonyl (C=O) groups is 1. The molecule has 0 fully saturated rings. The summed E-state index contributed by atoms with van der Waals surface area (Å²) in [6, 6.07) is 14.0. The Morgan fingerprint density at radius 1 is 1.09 bits per heavy atom. The number of halogens is 5. The van der Waals surface area contributed by atoms with Gasteiger partial charge in [0.25, 0.3) is 0 Å². The topological polar surface area (TPSA) is 90.3 Å². The van der Waals surface area contributed by atoms with Crippen LogP contribution in [0, 0.1) is 6.92 Å². The summed E-state index contributed by atoms with van der Waals surface area (Å²) in [4.78, 5) is 11.7. The fraction of sp³-hybridized carbons (Fsp3) is 0.273. The number of carbonyl (C=O) groups excluding carboxylic acids is 1. The first-order valence-corrected chi connectivity index (χ1v) is 12.4. The van der Waals surface area contributed by atoms with Crippen molar-refractivity contribution in [2.24, 2.45) is 0 Å². The fourth-order valence-electron chi connectivity index (χ4n) is 3.08. The van der Waals surface area contributed by atoms with Crippen LogP contribution in [0.2, 0.25) is 10.0 Å². The maximum absolute atomic E-state index is 12.4. The number of rotatable bonds is 9. The van der Waals surface area contributed by atoms with E-state index in [2.05, 4.69) is 5.10 Å². The number of aromatic nitrogens is 2. The van der Waals surface area contributed by atoms with Gasteiger partial charge in [-0.3, -0.25) is 9.48 Å². The van der Waals surface area contributed by atoms with Gasteiger partial charge in [0.05, 0.1) is 12.2 Å². The molecular weight excluding hydrogens is 530 g/mol. The molecule has 2 aromatic carbocycles. The number of nitrogens with zero attached hydrogens (tertiary/aromatic N) is 2. The summed E-state index contributed by atoms with van der Waals surface area (Å²) in [6.07, 6.45) is -0.541. The molecule has 13 heteroatoms. The number of aryl methyl sites for hydroxylation is 2. The van der Waals surface area contributed by atoms with Gasteiger partial charge in [-0.25, -0.2) is 4.72 Å². The Morgan fingerprint density at radius 3 is 2.40 bits per heavy atom. The molecule has 1 N–H and O–H groups in total. The van der Waals surface area contributed by atoms with Crippen LogP contribution in [0.4, 0.5) is 13.2 Å². The van der Waals surface area contributed by atoms with E-state index in [0.717, 1.165) is 15.8 Å². The van der Waals surface area contributed by atoms with Crippen molar-refractivity contribution in [3.05, 3.63) is 81.1 Å². The summed E-state index contributed by atoms with van der Waals surface area (Å²) >= 11 is 12.1. The zero-order valence-corrected chi connectivity index (χ0v) is 20.6. The molecule has 0 saturated heterocycles. The third kappa shape index (κ3) is 7.36. The van der Waals surface area contributed by atoms with Gasteiger partial charge in [0.2, 0.25) is 5.91 Å². The van der Waals surface area contributed by atoms with E-state index in [0.29, 0.717) is 33.8 Å². The SMILES string of the molecule is Cc1cc(CCC(=O)NS(=O)(=O)C(F)(F)F)nn1Cc1cc(Cl)ccc1OCc1ccc(Cl)cc1. The number of amides is 1. The van der Waals surface area contributed by atoms with Crippen molar-refractivity contribution < 1.29 is 31.1 Å². The highest BCUT2D eigenvalue weighted by Crippen LogP contribution is 2.26. The summed E-state index contributed by atoms with van der Waals surface area (Å²) in [5.74, 6) is -0.695. The number of ether oxygens (including phenoxy) is 1. The quantitative estimate of drug-likeness (QED) is 0.404. The molecule has 1 heterocycles. The molecule has 0 aliphatic rings. The summed E-state index contributed by atoms with van der Waals surface area (Å²) in [6.45, 7) is 2.34. The standard InChI is InChI=1S/C22H20Cl2F3N3O4S/c1-14-10-19(7-9-21(31)29-35(32,33)22(25,26)27)28-30(14)12-16-11-18(24)6-8-20(16)34-13-15-2-4-17(23)5-3-15/h2-6,8,10-11H,7,9,12-13H2,1H3,(H,29,31). The third-order valence-corrected chi connectivity index (χ3v) is 6.44. The lowest BCUT2D eigenvalue weighted by Gasteiger charge is -2.13. The smallest absolute Gasteiger partial charge is 0.489 e. The normalized spacial score (nSPS) is 11.9. The van der Waals surface area contributed by atoms with E-state index in [4.69, 9.17) is 27.9 Å². The summed E-state index contributed by atoms with van der Waals surface area (Å²) < 4.78 is 67.9. The van der Waals surface area contributed by atoms with Crippen molar-refractivity contribution in [1.29, 1.82) is 0 Å². The molecule has 1 aromatic heterocycles. The summed E-state index contributed by atoms with van der Waals surface area (Å²) in [5, 5.41) is 5.48. The Labute approximate surface area is 209 Å². The Kier molecular flexibility index (Phi) is 8.34. The van der Waals surface area contributed by atoms with Crippen LogP contribution in [-0.4, -0.2) is 29.6 Å². The highest BCUT2D eigenvalue weighted by atomic mass is 35.5. The van der Waals surface area contributed by atoms with Gasteiger partial charge in [0, 0.05) is 34.1 Å². The van der Waals surface area contributed by atoms with Crippen LogP contribution in [0.1, 0.15) is 28.9 Å². The van der Waals surface area contributed by atoms with Crippen LogP contribution in [0.3, 0.4) is 0 Å². The molecular formula is C22H20Cl2F3N3O4S. The molecule has 35 heavy (non-hydrogen) atoms. The molecule has 0 saturated carbocycles. The van der Waals surface area contributed by atoms with Crippen molar-refractivity contribution in [1.82, 2.24) is 14.5 Å². The molecule has 0 radical (unpaired) electrons. The van der Waals surface area contributed by atoms with E-state index in [-0.39, 0.29) is 13.0 Å². The first kappa shape index (κ1) is 26.8. The van der Waals surface area contributed by atoms with Crippen LogP contribution in [-0.2, 0) is 34.4 Å². The predicted molar refractivity (Wildman–Crippen MR) is 125 cm³/mol. The van der Waals surface area contributed by atoms with Crippen molar-refractivity contribution in [3.63, 3.8) is 0 Å². The van der Waals surface area contributed by atoms with Crippen LogP contribution in [0.5, 0.6) is 5.75 Å². The van der Waals surface area contributed by atoms with E-state index < -0.39 is 27.9 Å². The minimum absolute atomic E-state index is 0.0531. The maximum atomic E-state index is 12.4. The Morgan fingerprint density at radius 2 is 1.74 bits per heavy atom. The molecule has 1 amide bonds. The van der Waals surface area contributed by atoms with E-state index in [1.807, 2.05) is 12.1 Å². The van der Waals surface area contributed by atoms with Crippen molar-refractivity contribution in [3.8, 4) is 5.75 Å². The number of sulfonamides is 1. The van der Waals surface area contributed by atoms with E-state index in [1.165, 1.54) is 0 Å². The predicted octanol–water partition coefficient (Wildman–Crippen LogP) is 5.02. The Hall–Kier alpha value is -2.76. The monoisotopic (exact) mass is 549 g/mol. The van der Waals surface area contributed by atoms with Gasteiger partial charge >= 0.3 is 15.5 Å². The Bertz CT molecular complexity index is 1310. The third-order valence-electron chi connectivity index (χ3n) is 4.84. The number of hydrogen-bond donors (Lipinski definition) is 1. The van der Waals surface area contributed by atoms with Gasteiger partial charge in [-0.1, -0.05) is 35.3 Å².